The van der Waals surface area contributed by atoms with Gasteiger partial charge in [-0.25, -0.2) is 4.79 Å². The number of aromatic amines is 1. The lowest BCUT2D eigenvalue weighted by Crippen LogP contribution is -1.98. The van der Waals surface area contributed by atoms with Crippen LogP contribution in [0.5, 0.6) is 0 Å². The van der Waals surface area contributed by atoms with Crippen LogP contribution in [-0.4, -0.2) is 31.1 Å². The van der Waals surface area contributed by atoms with Crippen LogP contribution in [0.2, 0.25) is 0 Å². The molecule has 0 aromatic carbocycles. The molecule has 6 nitrogen and oxygen atoms in total. The monoisotopic (exact) mass is 206 g/mol. The van der Waals surface area contributed by atoms with E-state index in [4.69, 9.17) is 5.11 Å². The second-order valence-electron chi connectivity index (χ2n) is 3.00. The maximum Gasteiger partial charge on any atom is 0.353 e. The van der Waals surface area contributed by atoms with Crippen LogP contribution < -0.4 is 0 Å². The summed E-state index contributed by atoms with van der Waals surface area (Å²) < 4.78 is 1.75. The maximum absolute atomic E-state index is 10.6. The third-order valence-corrected chi connectivity index (χ3v) is 2.09. The fourth-order valence-corrected chi connectivity index (χ4v) is 1.36. The van der Waals surface area contributed by atoms with E-state index >= 15 is 0 Å². The summed E-state index contributed by atoms with van der Waals surface area (Å²) in [6.45, 7) is 2.68. The quantitative estimate of drug-likeness (QED) is 0.784. The second-order valence-corrected chi connectivity index (χ2v) is 3.00. The molecule has 78 valence electrons. The van der Waals surface area contributed by atoms with E-state index in [1.54, 1.807) is 16.9 Å². The number of H-pyrrole nitrogens is 1. The molecular formula is C9H10N4O2. The van der Waals surface area contributed by atoms with Crippen molar-refractivity contribution in [1.29, 1.82) is 0 Å². The van der Waals surface area contributed by atoms with Crippen molar-refractivity contribution in [2.24, 2.45) is 0 Å². The summed E-state index contributed by atoms with van der Waals surface area (Å²) in [6, 6.07) is 3.29. The molecular weight excluding hydrogens is 196 g/mol. The summed E-state index contributed by atoms with van der Waals surface area (Å²) >= 11 is 0. The Balaban J connectivity index is 2.41. The van der Waals surface area contributed by atoms with Crippen LogP contribution in [-0.2, 0) is 6.54 Å². The van der Waals surface area contributed by atoms with Gasteiger partial charge < -0.3 is 5.11 Å². The molecule has 0 atom stereocenters. The molecule has 0 saturated heterocycles. The van der Waals surface area contributed by atoms with E-state index in [0.717, 1.165) is 12.2 Å². The zero-order valence-electron chi connectivity index (χ0n) is 8.14. The van der Waals surface area contributed by atoms with Crippen molar-refractivity contribution in [2.75, 3.05) is 0 Å². The van der Waals surface area contributed by atoms with Crippen molar-refractivity contribution in [1.82, 2.24) is 20.0 Å². The Bertz CT molecular complexity index is 486. The molecule has 0 aliphatic carbocycles. The zero-order chi connectivity index (χ0) is 10.8. The van der Waals surface area contributed by atoms with Gasteiger partial charge in [0.1, 0.15) is 11.4 Å². The van der Waals surface area contributed by atoms with Gasteiger partial charge in [0, 0.05) is 18.8 Å². The zero-order valence-corrected chi connectivity index (χ0v) is 8.14. The van der Waals surface area contributed by atoms with Gasteiger partial charge in [0.2, 0.25) is 0 Å². The molecule has 0 radical (unpaired) electrons. The predicted molar refractivity (Wildman–Crippen MR) is 52.4 cm³/mol. The first-order valence-corrected chi connectivity index (χ1v) is 4.53. The molecule has 2 heterocycles. The number of nitrogens with one attached hydrogen (secondary N) is 1. The highest BCUT2D eigenvalue weighted by Gasteiger charge is 2.11. The van der Waals surface area contributed by atoms with Crippen molar-refractivity contribution in [3.63, 3.8) is 0 Å². The Hall–Kier alpha value is -2.11. The van der Waals surface area contributed by atoms with Gasteiger partial charge in [-0.15, -0.1) is 0 Å². The van der Waals surface area contributed by atoms with Gasteiger partial charge in [0.05, 0.1) is 5.69 Å². The minimum Gasteiger partial charge on any atom is -0.477 e. The van der Waals surface area contributed by atoms with Crippen molar-refractivity contribution >= 4 is 5.97 Å². The second kappa shape index (κ2) is 3.56. The Labute approximate surface area is 85.5 Å². The van der Waals surface area contributed by atoms with Gasteiger partial charge in [0.15, 0.2) is 0 Å². The molecule has 2 rings (SSSR count). The minimum absolute atomic E-state index is 0.0776. The number of aryl methyl sites for hydroxylation is 1. The third kappa shape index (κ3) is 1.61. The van der Waals surface area contributed by atoms with E-state index in [9.17, 15) is 4.79 Å². The van der Waals surface area contributed by atoms with Crippen molar-refractivity contribution in [3.8, 4) is 11.4 Å². The summed E-state index contributed by atoms with van der Waals surface area (Å²) in [5, 5.41) is 19.2. The molecule has 15 heavy (non-hydrogen) atoms. The Morgan fingerprint density at radius 1 is 1.67 bits per heavy atom. The van der Waals surface area contributed by atoms with Crippen molar-refractivity contribution < 1.29 is 9.90 Å². The molecule has 2 N–H and O–H groups in total. The number of aromatic carboxylic acids is 1. The van der Waals surface area contributed by atoms with E-state index in [1.165, 1.54) is 6.07 Å². The molecule has 0 amide bonds. The van der Waals surface area contributed by atoms with Crippen LogP contribution in [0.15, 0.2) is 18.3 Å². The van der Waals surface area contributed by atoms with Gasteiger partial charge in [-0.1, -0.05) is 0 Å². The normalized spacial score (nSPS) is 10.5. The number of hydrogen-bond acceptors (Lipinski definition) is 3. The minimum atomic E-state index is -1.02. The molecule has 0 unspecified atom stereocenters. The largest absolute Gasteiger partial charge is 0.477 e. The van der Waals surface area contributed by atoms with Crippen LogP contribution in [0.3, 0.4) is 0 Å². The van der Waals surface area contributed by atoms with E-state index in [2.05, 4.69) is 15.3 Å². The molecule has 6 heteroatoms. The molecule has 2 aromatic rings. The number of hydrogen-bond donors (Lipinski definition) is 2. The van der Waals surface area contributed by atoms with Crippen LogP contribution in [0.25, 0.3) is 11.4 Å². The number of carboxylic acids is 1. The molecule has 2 aromatic heterocycles. The van der Waals surface area contributed by atoms with Gasteiger partial charge in [-0.05, 0) is 13.0 Å². The first-order chi connectivity index (χ1) is 7.22. The number of carboxylic acid groups (broad SMARTS) is 1. The Morgan fingerprint density at radius 3 is 3.07 bits per heavy atom. The summed E-state index contributed by atoms with van der Waals surface area (Å²) in [6.07, 6.45) is 1.66. The van der Waals surface area contributed by atoms with Gasteiger partial charge in [-0.2, -0.15) is 10.2 Å². The van der Waals surface area contributed by atoms with Gasteiger partial charge in [0.25, 0.3) is 0 Å². The number of aromatic nitrogens is 4. The average Bonchev–Trinajstić information content (AvgIpc) is 2.85. The summed E-state index contributed by atoms with van der Waals surface area (Å²) in [7, 11) is 0. The lowest BCUT2D eigenvalue weighted by molar-refractivity contribution is 0.0690. The highest BCUT2D eigenvalue weighted by molar-refractivity contribution is 5.86. The SMILES string of the molecule is CCn1nccc1-c1cc(C(=O)O)[nH]n1. The molecule has 0 bridgehead atoms. The number of carbonyl (C=O) groups is 1. The standard InChI is InChI=1S/C9H10N4O2/c1-2-13-8(3-4-10-13)6-5-7(9(14)15)12-11-6/h3-5H,2H2,1H3,(H,11,12)(H,14,15). The fourth-order valence-electron chi connectivity index (χ4n) is 1.36. The molecule has 0 aliphatic heterocycles. The Kier molecular flexibility index (Phi) is 2.24. The van der Waals surface area contributed by atoms with Crippen LogP contribution >= 0.6 is 0 Å². The smallest absolute Gasteiger partial charge is 0.353 e. The van der Waals surface area contributed by atoms with Crippen LogP contribution in [0.1, 0.15) is 17.4 Å². The van der Waals surface area contributed by atoms with Crippen molar-refractivity contribution in [2.45, 2.75) is 13.5 Å². The number of nitrogens with zero attached hydrogens (tertiary/aromatic N) is 3. The molecule has 0 fully saturated rings. The summed E-state index contributed by atoms with van der Waals surface area (Å²) in [4.78, 5) is 10.6. The highest BCUT2D eigenvalue weighted by Crippen LogP contribution is 2.16. The van der Waals surface area contributed by atoms with Crippen LogP contribution in [0.4, 0.5) is 0 Å². The first kappa shape index (κ1) is 9.45. The topological polar surface area (TPSA) is 83.8 Å². The Morgan fingerprint density at radius 2 is 2.47 bits per heavy atom. The van der Waals surface area contributed by atoms with Crippen LogP contribution in [0, 0.1) is 0 Å². The summed E-state index contributed by atoms with van der Waals surface area (Å²) in [5.74, 6) is -1.02. The first-order valence-electron chi connectivity index (χ1n) is 4.53. The molecule has 0 spiro atoms. The van der Waals surface area contributed by atoms with E-state index in [1.807, 2.05) is 6.92 Å². The molecule has 0 aliphatic rings. The lowest BCUT2D eigenvalue weighted by atomic mass is 10.3. The lowest BCUT2D eigenvalue weighted by Gasteiger charge is -1.99. The van der Waals surface area contributed by atoms with Gasteiger partial charge in [-0.3, -0.25) is 9.78 Å². The third-order valence-electron chi connectivity index (χ3n) is 2.09. The van der Waals surface area contributed by atoms with E-state index < -0.39 is 5.97 Å². The van der Waals surface area contributed by atoms with E-state index in [-0.39, 0.29) is 5.69 Å². The fraction of sp³-hybridized carbons (Fsp3) is 0.222. The van der Waals surface area contributed by atoms with Crippen molar-refractivity contribution in [3.05, 3.63) is 24.0 Å². The average molecular weight is 206 g/mol. The predicted octanol–water partition coefficient (Wildman–Crippen LogP) is 0.991. The van der Waals surface area contributed by atoms with E-state index in [0.29, 0.717) is 5.69 Å². The van der Waals surface area contributed by atoms with Gasteiger partial charge >= 0.3 is 5.97 Å². The maximum atomic E-state index is 10.6. The molecule has 0 saturated carbocycles. The summed E-state index contributed by atoms with van der Waals surface area (Å²) in [5.41, 5.74) is 1.47. The number of rotatable bonds is 3. The highest BCUT2D eigenvalue weighted by atomic mass is 16.4.